The lowest BCUT2D eigenvalue weighted by atomic mass is 9.57. The summed E-state index contributed by atoms with van der Waals surface area (Å²) in [6, 6.07) is 0.443. The fraction of sp³-hybridized carbons (Fsp3) is 0.947. The molecule has 2 saturated carbocycles. The average Bonchev–Trinajstić information content (AvgIpc) is 2.87. The van der Waals surface area contributed by atoms with E-state index in [1.807, 2.05) is 7.05 Å². The number of hydrogen-bond donors (Lipinski definition) is 2. The molecule has 6 heteroatoms. The van der Waals surface area contributed by atoms with Crippen LogP contribution in [0.3, 0.4) is 0 Å². The van der Waals surface area contributed by atoms with Crippen LogP contribution in [0.1, 0.15) is 58.8 Å². The molecule has 0 aromatic heterocycles. The van der Waals surface area contributed by atoms with E-state index in [9.17, 15) is 0 Å². The van der Waals surface area contributed by atoms with Gasteiger partial charge >= 0.3 is 0 Å². The third kappa shape index (κ3) is 5.01. The summed E-state index contributed by atoms with van der Waals surface area (Å²) in [6.45, 7) is 7.06. The molecule has 3 unspecified atom stereocenters. The summed E-state index contributed by atoms with van der Waals surface area (Å²) < 4.78 is 11.9. The Bertz CT molecular complexity index is 436. The van der Waals surface area contributed by atoms with Crippen molar-refractivity contribution in [1.29, 1.82) is 0 Å². The predicted octanol–water partition coefficient (Wildman–Crippen LogP) is 3.32. The highest BCUT2D eigenvalue weighted by atomic mass is 127. The van der Waals surface area contributed by atoms with E-state index in [0.717, 1.165) is 32.1 Å². The molecular formula is C19H36IN3O2. The fourth-order valence-electron chi connectivity index (χ4n) is 4.76. The fourth-order valence-corrected chi connectivity index (χ4v) is 4.76. The Morgan fingerprint density at radius 1 is 1.16 bits per heavy atom. The van der Waals surface area contributed by atoms with Crippen molar-refractivity contribution in [3.05, 3.63) is 0 Å². The molecule has 3 aliphatic rings. The van der Waals surface area contributed by atoms with Gasteiger partial charge in [0.05, 0.1) is 18.8 Å². The summed E-state index contributed by atoms with van der Waals surface area (Å²) in [5, 5.41) is 7.03. The average molecular weight is 465 g/mol. The molecule has 0 amide bonds. The molecule has 3 rings (SSSR count). The maximum atomic E-state index is 6.05. The van der Waals surface area contributed by atoms with Gasteiger partial charge in [-0.2, -0.15) is 0 Å². The minimum Gasteiger partial charge on any atom is -0.377 e. The molecule has 0 spiro atoms. The van der Waals surface area contributed by atoms with Crippen LogP contribution < -0.4 is 10.6 Å². The lowest BCUT2D eigenvalue weighted by molar-refractivity contribution is -0.106. The summed E-state index contributed by atoms with van der Waals surface area (Å²) >= 11 is 0. The van der Waals surface area contributed by atoms with Crippen molar-refractivity contribution in [1.82, 2.24) is 10.6 Å². The first-order valence-electron chi connectivity index (χ1n) is 9.83. The van der Waals surface area contributed by atoms with Crippen molar-refractivity contribution in [2.75, 3.05) is 26.8 Å². The minimum absolute atomic E-state index is 0. The number of nitrogens with zero attached hydrogens (tertiary/aromatic N) is 1. The highest BCUT2D eigenvalue weighted by Crippen LogP contribution is 2.52. The molecule has 146 valence electrons. The number of rotatable bonds is 5. The number of halogens is 1. The Labute approximate surface area is 170 Å². The van der Waals surface area contributed by atoms with Crippen molar-refractivity contribution in [2.45, 2.75) is 77.0 Å². The number of hydrogen-bond acceptors (Lipinski definition) is 3. The quantitative estimate of drug-likeness (QED) is 0.215. The van der Waals surface area contributed by atoms with E-state index >= 15 is 0 Å². The monoisotopic (exact) mass is 465 g/mol. The molecule has 1 aliphatic heterocycles. The zero-order valence-corrected chi connectivity index (χ0v) is 18.4. The van der Waals surface area contributed by atoms with Crippen molar-refractivity contribution in [3.8, 4) is 0 Å². The van der Waals surface area contributed by atoms with Gasteiger partial charge in [0, 0.05) is 37.6 Å². The van der Waals surface area contributed by atoms with Crippen LogP contribution in [0.4, 0.5) is 0 Å². The molecule has 3 fully saturated rings. The SMILES string of the molecule is CN=C(NCCOC1CCCCCC1)NC1C2CCOC2C1(C)C.I. The van der Waals surface area contributed by atoms with E-state index in [-0.39, 0.29) is 29.4 Å². The number of nitrogens with one attached hydrogen (secondary N) is 2. The normalized spacial score (nSPS) is 32.1. The Hall–Kier alpha value is -0.0800. The van der Waals surface area contributed by atoms with Gasteiger partial charge in [0.25, 0.3) is 0 Å². The number of ether oxygens (including phenoxy) is 2. The molecule has 5 nitrogen and oxygen atoms in total. The second kappa shape index (κ2) is 9.74. The topological polar surface area (TPSA) is 54.9 Å². The molecular weight excluding hydrogens is 429 g/mol. The summed E-state index contributed by atoms with van der Waals surface area (Å²) in [5.41, 5.74) is 0.176. The molecule has 2 aliphatic carbocycles. The Morgan fingerprint density at radius 2 is 1.88 bits per heavy atom. The van der Waals surface area contributed by atoms with Gasteiger partial charge in [-0.05, 0) is 19.3 Å². The van der Waals surface area contributed by atoms with Crippen LogP contribution in [0.15, 0.2) is 4.99 Å². The van der Waals surface area contributed by atoms with Gasteiger partial charge in [-0.1, -0.05) is 39.5 Å². The second-order valence-corrected chi connectivity index (χ2v) is 8.17. The molecule has 1 heterocycles. The van der Waals surface area contributed by atoms with E-state index in [1.54, 1.807) is 0 Å². The largest absolute Gasteiger partial charge is 0.377 e. The number of fused-ring (bicyclic) bond motifs is 1. The van der Waals surface area contributed by atoms with E-state index < -0.39 is 0 Å². The first kappa shape index (κ1) is 21.2. The molecule has 2 N–H and O–H groups in total. The van der Waals surface area contributed by atoms with Crippen LogP contribution in [-0.2, 0) is 9.47 Å². The third-order valence-corrected chi connectivity index (χ3v) is 6.17. The zero-order valence-electron chi connectivity index (χ0n) is 16.1. The molecule has 0 aromatic carbocycles. The number of guanidine groups is 1. The highest BCUT2D eigenvalue weighted by molar-refractivity contribution is 14.0. The van der Waals surface area contributed by atoms with Gasteiger partial charge in [0.2, 0.25) is 0 Å². The van der Waals surface area contributed by atoms with Crippen LogP contribution in [0.2, 0.25) is 0 Å². The van der Waals surface area contributed by atoms with Gasteiger partial charge in [0.15, 0.2) is 5.96 Å². The Kier molecular flexibility index (Phi) is 8.27. The van der Waals surface area contributed by atoms with Gasteiger partial charge in [-0.3, -0.25) is 4.99 Å². The second-order valence-electron chi connectivity index (χ2n) is 8.17. The predicted molar refractivity (Wildman–Crippen MR) is 113 cm³/mol. The molecule has 0 bridgehead atoms. The van der Waals surface area contributed by atoms with Crippen LogP contribution >= 0.6 is 24.0 Å². The van der Waals surface area contributed by atoms with Gasteiger partial charge in [0.1, 0.15) is 0 Å². The third-order valence-electron chi connectivity index (χ3n) is 6.17. The molecule has 0 aromatic rings. The van der Waals surface area contributed by atoms with Gasteiger partial charge in [-0.15, -0.1) is 24.0 Å². The van der Waals surface area contributed by atoms with E-state index in [4.69, 9.17) is 9.47 Å². The molecule has 1 saturated heterocycles. The van der Waals surface area contributed by atoms with Crippen molar-refractivity contribution < 1.29 is 9.47 Å². The van der Waals surface area contributed by atoms with Crippen LogP contribution in [-0.4, -0.2) is 51.0 Å². The van der Waals surface area contributed by atoms with Gasteiger partial charge < -0.3 is 20.1 Å². The lowest BCUT2D eigenvalue weighted by Crippen LogP contribution is -2.68. The zero-order chi connectivity index (χ0) is 17.0. The highest BCUT2D eigenvalue weighted by Gasteiger charge is 2.59. The van der Waals surface area contributed by atoms with Crippen molar-refractivity contribution in [2.24, 2.45) is 16.3 Å². The van der Waals surface area contributed by atoms with E-state index in [2.05, 4.69) is 29.5 Å². The summed E-state index contributed by atoms with van der Waals surface area (Å²) in [4.78, 5) is 4.39. The Balaban J connectivity index is 0.00000225. The van der Waals surface area contributed by atoms with E-state index in [0.29, 0.717) is 24.2 Å². The van der Waals surface area contributed by atoms with Crippen molar-refractivity contribution in [3.63, 3.8) is 0 Å². The lowest BCUT2D eigenvalue weighted by Gasteiger charge is -2.54. The Morgan fingerprint density at radius 3 is 2.56 bits per heavy atom. The first-order chi connectivity index (χ1) is 11.6. The molecule has 3 atom stereocenters. The molecule has 0 radical (unpaired) electrons. The summed E-state index contributed by atoms with van der Waals surface area (Å²) in [5.74, 6) is 1.52. The number of aliphatic imine (C=N–C) groups is 1. The minimum atomic E-state index is 0. The van der Waals surface area contributed by atoms with Crippen LogP contribution in [0, 0.1) is 11.3 Å². The summed E-state index contributed by atoms with van der Waals surface area (Å²) in [6.07, 6.45) is 9.88. The maximum Gasteiger partial charge on any atom is 0.191 e. The standard InChI is InChI=1S/C19H35N3O2.HI/c1-19(2)16(15-10-12-24-17(15)19)22-18(20-3)21-11-13-23-14-8-6-4-5-7-9-14;/h14-17H,4-13H2,1-3H3,(H2,20,21,22);1H. The molecule has 25 heavy (non-hydrogen) atoms. The first-order valence-corrected chi connectivity index (χ1v) is 9.83. The van der Waals surface area contributed by atoms with Gasteiger partial charge in [-0.25, -0.2) is 0 Å². The summed E-state index contributed by atoms with van der Waals surface area (Å²) in [7, 11) is 1.84. The van der Waals surface area contributed by atoms with Crippen molar-refractivity contribution >= 4 is 29.9 Å². The smallest absolute Gasteiger partial charge is 0.191 e. The van der Waals surface area contributed by atoms with Crippen LogP contribution in [0.5, 0.6) is 0 Å². The maximum absolute atomic E-state index is 6.05. The van der Waals surface area contributed by atoms with Crippen LogP contribution in [0.25, 0.3) is 0 Å². The van der Waals surface area contributed by atoms with E-state index in [1.165, 1.54) is 38.5 Å².